The molecule has 0 unspecified atom stereocenters. The molecule has 1 amide bonds. The lowest BCUT2D eigenvalue weighted by molar-refractivity contribution is -0.0503. The minimum absolute atomic E-state index is 0.130. The van der Waals surface area contributed by atoms with Crippen molar-refractivity contribution in [3.05, 3.63) is 35.1 Å². The monoisotopic (exact) mass is 301 g/mol. The van der Waals surface area contributed by atoms with Crippen molar-refractivity contribution in [3.8, 4) is 0 Å². The predicted octanol–water partition coefficient (Wildman–Crippen LogP) is 4.08. The van der Waals surface area contributed by atoms with Crippen LogP contribution in [0.25, 0.3) is 0 Å². The summed E-state index contributed by atoms with van der Waals surface area (Å²) >= 11 is 0. The van der Waals surface area contributed by atoms with Crippen molar-refractivity contribution >= 4 is 5.91 Å². The number of benzene rings is 1. The average molecular weight is 301 g/mol. The summed E-state index contributed by atoms with van der Waals surface area (Å²) in [4.78, 5) is 12.3. The SMILES string of the molecule is Cc1ccc(C(=O)NCC23CC4CC(CC(C4)C2)C3)cc1F. The van der Waals surface area contributed by atoms with Crippen LogP contribution < -0.4 is 5.32 Å². The zero-order chi connectivity index (χ0) is 15.3. The van der Waals surface area contributed by atoms with E-state index in [2.05, 4.69) is 5.32 Å². The van der Waals surface area contributed by atoms with E-state index in [0.29, 0.717) is 16.5 Å². The molecule has 0 saturated heterocycles. The van der Waals surface area contributed by atoms with Crippen LogP contribution >= 0.6 is 0 Å². The van der Waals surface area contributed by atoms with Crippen molar-refractivity contribution in [2.75, 3.05) is 6.54 Å². The molecule has 3 heteroatoms. The number of nitrogens with one attached hydrogen (secondary N) is 1. The average Bonchev–Trinajstić information content (AvgIpc) is 2.46. The molecule has 4 aliphatic carbocycles. The van der Waals surface area contributed by atoms with Gasteiger partial charge in [0.2, 0.25) is 0 Å². The van der Waals surface area contributed by atoms with Crippen LogP contribution in [-0.2, 0) is 0 Å². The van der Waals surface area contributed by atoms with Gasteiger partial charge in [0.15, 0.2) is 0 Å². The summed E-state index contributed by atoms with van der Waals surface area (Å²) in [5.41, 5.74) is 1.35. The molecule has 0 spiro atoms. The third kappa shape index (κ3) is 2.45. The van der Waals surface area contributed by atoms with Crippen LogP contribution in [0.1, 0.15) is 54.4 Å². The fraction of sp³-hybridized carbons (Fsp3) is 0.632. The summed E-state index contributed by atoms with van der Waals surface area (Å²) in [6.07, 6.45) is 8.08. The van der Waals surface area contributed by atoms with E-state index in [1.165, 1.54) is 44.6 Å². The van der Waals surface area contributed by atoms with Crippen LogP contribution in [0.15, 0.2) is 18.2 Å². The first-order chi connectivity index (χ1) is 10.5. The number of halogens is 1. The highest BCUT2D eigenvalue weighted by molar-refractivity contribution is 5.94. The molecule has 2 nitrogen and oxygen atoms in total. The topological polar surface area (TPSA) is 29.1 Å². The highest BCUT2D eigenvalue weighted by atomic mass is 19.1. The fourth-order valence-electron chi connectivity index (χ4n) is 5.61. The van der Waals surface area contributed by atoms with Crippen LogP contribution in [0.3, 0.4) is 0 Å². The lowest BCUT2D eigenvalue weighted by atomic mass is 9.49. The van der Waals surface area contributed by atoms with Crippen molar-refractivity contribution < 1.29 is 9.18 Å². The summed E-state index contributed by atoms with van der Waals surface area (Å²) in [6.45, 7) is 2.48. The number of hydrogen-bond donors (Lipinski definition) is 1. The van der Waals surface area contributed by atoms with E-state index in [-0.39, 0.29) is 11.7 Å². The first kappa shape index (κ1) is 14.2. The van der Waals surface area contributed by atoms with Gasteiger partial charge in [0.1, 0.15) is 5.82 Å². The minimum atomic E-state index is -0.303. The van der Waals surface area contributed by atoms with E-state index in [1.54, 1.807) is 19.1 Å². The van der Waals surface area contributed by atoms with Gasteiger partial charge in [-0.3, -0.25) is 4.79 Å². The van der Waals surface area contributed by atoms with Crippen LogP contribution in [0, 0.1) is 35.9 Å². The molecule has 4 saturated carbocycles. The Kier molecular flexibility index (Phi) is 3.28. The van der Waals surface area contributed by atoms with Crippen molar-refractivity contribution in [3.63, 3.8) is 0 Å². The summed E-state index contributed by atoms with van der Waals surface area (Å²) in [7, 11) is 0. The zero-order valence-corrected chi connectivity index (χ0v) is 13.2. The van der Waals surface area contributed by atoms with Crippen molar-refractivity contribution in [2.24, 2.45) is 23.2 Å². The Morgan fingerprint density at radius 1 is 1.18 bits per heavy atom. The Morgan fingerprint density at radius 2 is 1.77 bits per heavy atom. The molecule has 4 aliphatic rings. The van der Waals surface area contributed by atoms with Crippen molar-refractivity contribution in [1.29, 1.82) is 0 Å². The maximum atomic E-state index is 13.6. The van der Waals surface area contributed by atoms with Crippen LogP contribution in [0.4, 0.5) is 4.39 Å². The van der Waals surface area contributed by atoms with Gasteiger partial charge in [-0.2, -0.15) is 0 Å². The second-order valence-electron chi connectivity index (χ2n) is 8.06. The molecule has 4 bridgehead atoms. The first-order valence-electron chi connectivity index (χ1n) is 8.57. The molecule has 0 heterocycles. The van der Waals surface area contributed by atoms with Gasteiger partial charge in [-0.15, -0.1) is 0 Å². The number of carbonyl (C=O) groups is 1. The molecule has 22 heavy (non-hydrogen) atoms. The number of rotatable bonds is 3. The van der Waals surface area contributed by atoms with Gasteiger partial charge < -0.3 is 5.32 Å². The van der Waals surface area contributed by atoms with Crippen LogP contribution in [0.5, 0.6) is 0 Å². The van der Waals surface area contributed by atoms with Gasteiger partial charge in [0, 0.05) is 12.1 Å². The molecular weight excluding hydrogens is 277 g/mol. The molecule has 0 atom stereocenters. The quantitative estimate of drug-likeness (QED) is 0.895. The second kappa shape index (κ2) is 5.07. The lowest BCUT2D eigenvalue weighted by Gasteiger charge is -2.56. The lowest BCUT2D eigenvalue weighted by Crippen LogP contribution is -2.51. The smallest absolute Gasteiger partial charge is 0.251 e. The molecule has 1 aromatic rings. The Bertz CT molecular complexity index is 574. The third-order valence-corrected chi connectivity index (χ3v) is 6.22. The third-order valence-electron chi connectivity index (χ3n) is 6.22. The number of amides is 1. The van der Waals surface area contributed by atoms with Crippen LogP contribution in [-0.4, -0.2) is 12.5 Å². The Balaban J connectivity index is 1.44. The van der Waals surface area contributed by atoms with Crippen LogP contribution in [0.2, 0.25) is 0 Å². The minimum Gasteiger partial charge on any atom is -0.351 e. The van der Waals surface area contributed by atoms with E-state index in [4.69, 9.17) is 0 Å². The molecule has 1 N–H and O–H groups in total. The van der Waals surface area contributed by atoms with Crippen molar-refractivity contribution in [1.82, 2.24) is 5.32 Å². The van der Waals surface area contributed by atoms with Gasteiger partial charge in [0.25, 0.3) is 5.91 Å². The van der Waals surface area contributed by atoms with Gasteiger partial charge in [-0.05, 0) is 86.3 Å². The molecule has 1 aromatic carbocycles. The highest BCUT2D eigenvalue weighted by Gasteiger charge is 2.50. The largest absolute Gasteiger partial charge is 0.351 e. The maximum absolute atomic E-state index is 13.6. The summed E-state index contributed by atoms with van der Waals surface area (Å²) in [5.74, 6) is 2.23. The molecule has 0 aliphatic heterocycles. The second-order valence-corrected chi connectivity index (χ2v) is 8.06. The Morgan fingerprint density at radius 3 is 2.32 bits per heavy atom. The van der Waals surface area contributed by atoms with Gasteiger partial charge in [-0.25, -0.2) is 4.39 Å². The predicted molar refractivity (Wildman–Crippen MR) is 84.1 cm³/mol. The van der Waals surface area contributed by atoms with E-state index in [1.807, 2.05) is 0 Å². The summed E-state index contributed by atoms with van der Waals surface area (Å²) in [6, 6.07) is 4.74. The normalized spacial score (nSPS) is 35.6. The number of carbonyl (C=O) groups excluding carboxylic acids is 1. The molecule has 4 fully saturated rings. The van der Waals surface area contributed by atoms with E-state index in [0.717, 1.165) is 24.3 Å². The molecule has 0 aromatic heterocycles. The molecule has 118 valence electrons. The zero-order valence-electron chi connectivity index (χ0n) is 13.2. The maximum Gasteiger partial charge on any atom is 0.251 e. The van der Waals surface area contributed by atoms with Gasteiger partial charge >= 0.3 is 0 Å². The van der Waals surface area contributed by atoms with E-state index in [9.17, 15) is 9.18 Å². The molecular formula is C19H24FNO. The summed E-state index contributed by atoms with van der Waals surface area (Å²) < 4.78 is 13.6. The fourth-order valence-corrected chi connectivity index (χ4v) is 5.61. The van der Waals surface area contributed by atoms with Gasteiger partial charge in [-0.1, -0.05) is 6.07 Å². The molecule has 5 rings (SSSR count). The Labute approximate surface area is 131 Å². The number of aryl methyl sites for hydroxylation is 1. The Hall–Kier alpha value is -1.38. The van der Waals surface area contributed by atoms with Crippen molar-refractivity contribution in [2.45, 2.75) is 45.4 Å². The standard InChI is InChI=1S/C19H24FNO/c1-12-2-3-16(7-17(12)20)18(22)21-11-19-8-13-4-14(9-19)6-15(5-13)10-19/h2-3,7,13-15H,4-6,8-11H2,1H3,(H,21,22). The molecule has 0 radical (unpaired) electrons. The van der Waals surface area contributed by atoms with E-state index < -0.39 is 0 Å². The summed E-state index contributed by atoms with van der Waals surface area (Å²) in [5, 5.41) is 3.10. The number of hydrogen-bond acceptors (Lipinski definition) is 1. The highest BCUT2D eigenvalue weighted by Crippen LogP contribution is 2.59. The van der Waals surface area contributed by atoms with Gasteiger partial charge in [0.05, 0.1) is 0 Å². The first-order valence-corrected chi connectivity index (χ1v) is 8.57. The van der Waals surface area contributed by atoms with E-state index >= 15 is 0 Å².